The molecule has 1 aliphatic heterocycles. The van der Waals surface area contributed by atoms with Gasteiger partial charge in [-0.2, -0.15) is 0 Å². The lowest BCUT2D eigenvalue weighted by atomic mass is 10.0. The topological polar surface area (TPSA) is 26.3 Å². The smallest absolute Gasteiger partial charge is 0.338 e. The average Bonchev–Trinajstić information content (AvgIpc) is 2.32. The van der Waals surface area contributed by atoms with Crippen molar-refractivity contribution in [2.45, 2.75) is 30.5 Å². The molecule has 0 fully saturated rings. The van der Waals surface area contributed by atoms with Gasteiger partial charge in [-0.1, -0.05) is 40.5 Å². The number of carbonyl (C=O) groups is 1. The number of hydrogen-bond donors (Lipinski definition) is 0. The second kappa shape index (κ2) is 5.48. The quantitative estimate of drug-likeness (QED) is 0.539. The number of ether oxygens (including phenoxy) is 1. The van der Waals surface area contributed by atoms with Gasteiger partial charge in [0.2, 0.25) is 0 Å². The Bertz CT molecular complexity index is 376. The lowest BCUT2D eigenvalue weighted by Gasteiger charge is -2.15. The molecule has 1 atom stereocenters. The second-order valence-corrected chi connectivity index (χ2v) is 5.39. The molecule has 0 aromatic heterocycles. The molecule has 0 aliphatic carbocycles. The number of halogens is 1. The van der Waals surface area contributed by atoms with E-state index in [-0.39, 0.29) is 5.97 Å². The zero-order chi connectivity index (χ0) is 11.4. The number of esters is 1. The van der Waals surface area contributed by atoms with Crippen LogP contribution in [-0.4, -0.2) is 17.4 Å². The Kier molecular flexibility index (Phi) is 3.99. The molecule has 16 heavy (non-hydrogen) atoms. The summed E-state index contributed by atoms with van der Waals surface area (Å²) in [5, 5.41) is 0. The Balaban J connectivity index is 2.21. The normalized spacial score (nSPS) is 22.1. The summed E-state index contributed by atoms with van der Waals surface area (Å²) in [5.41, 5.74) is 1.84. The van der Waals surface area contributed by atoms with Crippen LogP contribution in [0.2, 0.25) is 0 Å². The molecule has 1 aromatic carbocycles. The molecule has 1 heterocycles. The van der Waals surface area contributed by atoms with Crippen molar-refractivity contribution in [3.05, 3.63) is 35.4 Å². The fourth-order valence-corrected chi connectivity index (χ4v) is 2.40. The minimum atomic E-state index is -0.193. The first-order valence-corrected chi connectivity index (χ1v) is 6.58. The third-order valence-corrected chi connectivity index (χ3v) is 3.57. The van der Waals surface area contributed by atoms with E-state index in [9.17, 15) is 4.79 Å². The molecule has 0 saturated heterocycles. The molecule has 0 amide bonds. The van der Waals surface area contributed by atoms with Gasteiger partial charge in [0.1, 0.15) is 6.61 Å². The van der Waals surface area contributed by atoms with E-state index in [1.54, 1.807) is 0 Å². The van der Waals surface area contributed by atoms with Gasteiger partial charge in [0.15, 0.2) is 0 Å². The molecule has 0 N–H and O–H groups in total. The van der Waals surface area contributed by atoms with E-state index in [1.807, 2.05) is 24.3 Å². The van der Waals surface area contributed by atoms with Gasteiger partial charge in [0, 0.05) is 4.83 Å². The van der Waals surface area contributed by atoms with Crippen LogP contribution in [0.15, 0.2) is 24.3 Å². The van der Waals surface area contributed by atoms with Gasteiger partial charge in [-0.25, -0.2) is 4.79 Å². The molecule has 2 rings (SSSR count). The summed E-state index contributed by atoms with van der Waals surface area (Å²) in [6.45, 7) is 0.465. The van der Waals surface area contributed by atoms with Gasteiger partial charge in [-0.15, -0.1) is 0 Å². The maximum Gasteiger partial charge on any atom is 0.338 e. The minimum Gasteiger partial charge on any atom is -0.461 e. The Morgan fingerprint density at radius 3 is 2.94 bits per heavy atom. The molecule has 0 saturated carbocycles. The number of alkyl halides is 1. The molecular weight excluding hydrogens is 268 g/mol. The van der Waals surface area contributed by atoms with Gasteiger partial charge in [0.05, 0.1) is 5.56 Å². The zero-order valence-corrected chi connectivity index (χ0v) is 10.7. The van der Waals surface area contributed by atoms with Crippen molar-refractivity contribution in [1.82, 2.24) is 0 Å². The van der Waals surface area contributed by atoms with Crippen LogP contribution in [-0.2, 0) is 11.2 Å². The van der Waals surface area contributed by atoms with Gasteiger partial charge < -0.3 is 4.74 Å². The number of benzene rings is 1. The first-order chi connectivity index (χ1) is 7.77. The predicted octanol–water partition coefficient (Wildman–Crippen LogP) is 3.33. The monoisotopic (exact) mass is 282 g/mol. The van der Waals surface area contributed by atoms with E-state index in [0.717, 1.165) is 30.4 Å². The van der Waals surface area contributed by atoms with Gasteiger partial charge in [-0.3, -0.25) is 0 Å². The van der Waals surface area contributed by atoms with Crippen molar-refractivity contribution in [3.63, 3.8) is 0 Å². The van der Waals surface area contributed by atoms with E-state index < -0.39 is 0 Å². The van der Waals surface area contributed by atoms with Crippen LogP contribution in [0.4, 0.5) is 0 Å². The summed E-state index contributed by atoms with van der Waals surface area (Å²) in [7, 11) is 0. The maximum atomic E-state index is 11.8. The van der Waals surface area contributed by atoms with Crippen LogP contribution in [0.25, 0.3) is 0 Å². The predicted molar refractivity (Wildman–Crippen MR) is 67.0 cm³/mol. The highest BCUT2D eigenvalue weighted by molar-refractivity contribution is 9.09. The fourth-order valence-electron chi connectivity index (χ4n) is 1.95. The Labute approximate surface area is 104 Å². The van der Waals surface area contributed by atoms with E-state index in [1.165, 1.54) is 6.42 Å². The number of carbonyl (C=O) groups excluding carboxylic acids is 1. The largest absolute Gasteiger partial charge is 0.461 e. The number of rotatable bonds is 0. The van der Waals surface area contributed by atoms with Crippen LogP contribution in [0, 0.1) is 0 Å². The molecule has 0 bridgehead atoms. The maximum absolute atomic E-state index is 11.8. The Morgan fingerprint density at radius 1 is 1.25 bits per heavy atom. The Hall–Kier alpha value is -0.830. The van der Waals surface area contributed by atoms with E-state index in [0.29, 0.717) is 11.4 Å². The van der Waals surface area contributed by atoms with Crippen molar-refractivity contribution in [2.24, 2.45) is 0 Å². The minimum absolute atomic E-state index is 0.193. The lowest BCUT2D eigenvalue weighted by molar-refractivity contribution is 0.0502. The van der Waals surface area contributed by atoms with E-state index in [2.05, 4.69) is 15.9 Å². The van der Waals surface area contributed by atoms with Crippen LogP contribution in [0.3, 0.4) is 0 Å². The van der Waals surface area contributed by atoms with Gasteiger partial charge in [-0.05, 0) is 30.9 Å². The second-order valence-electron chi connectivity index (χ2n) is 4.10. The van der Waals surface area contributed by atoms with Crippen molar-refractivity contribution in [1.29, 1.82) is 0 Å². The van der Waals surface area contributed by atoms with Crippen molar-refractivity contribution in [2.75, 3.05) is 6.61 Å². The summed E-state index contributed by atoms with van der Waals surface area (Å²) in [6.07, 6.45) is 4.33. The van der Waals surface area contributed by atoms with E-state index in [4.69, 9.17) is 4.74 Å². The van der Waals surface area contributed by atoms with Gasteiger partial charge in [0.25, 0.3) is 0 Å². The molecule has 0 radical (unpaired) electrons. The lowest BCUT2D eigenvalue weighted by Crippen LogP contribution is -2.16. The first kappa shape index (κ1) is 11.6. The third kappa shape index (κ3) is 2.85. The standard InChI is InChI=1S/C13H15BrO2/c14-11-7-3-1-5-10-6-2-4-8-12(10)13(15)16-9-11/h2,4,6,8,11H,1,3,5,7,9H2. The first-order valence-electron chi connectivity index (χ1n) is 5.66. The third-order valence-electron chi connectivity index (χ3n) is 2.85. The summed E-state index contributed by atoms with van der Waals surface area (Å²) in [4.78, 5) is 12.1. The van der Waals surface area contributed by atoms with E-state index >= 15 is 0 Å². The number of aryl methyl sites for hydroxylation is 1. The highest BCUT2D eigenvalue weighted by Gasteiger charge is 2.16. The summed E-state index contributed by atoms with van der Waals surface area (Å²) < 4.78 is 5.27. The summed E-state index contributed by atoms with van der Waals surface area (Å²) in [5.74, 6) is -0.193. The van der Waals surface area contributed by atoms with Crippen LogP contribution < -0.4 is 0 Å². The highest BCUT2D eigenvalue weighted by Crippen LogP contribution is 2.19. The SMILES string of the molecule is O=C1OCC(Br)CCCCc2ccccc21. The van der Waals surface area contributed by atoms with Crippen LogP contribution in [0.5, 0.6) is 0 Å². The van der Waals surface area contributed by atoms with Gasteiger partial charge >= 0.3 is 5.97 Å². The summed E-state index contributed by atoms with van der Waals surface area (Å²) >= 11 is 3.52. The van der Waals surface area contributed by atoms with Crippen molar-refractivity contribution < 1.29 is 9.53 Å². The molecular formula is C13H15BrO2. The molecule has 0 spiro atoms. The number of hydrogen-bond acceptors (Lipinski definition) is 2. The average molecular weight is 283 g/mol. The summed E-state index contributed by atoms with van der Waals surface area (Å²) in [6, 6.07) is 7.73. The van der Waals surface area contributed by atoms with Crippen LogP contribution >= 0.6 is 15.9 Å². The van der Waals surface area contributed by atoms with Crippen molar-refractivity contribution >= 4 is 21.9 Å². The molecule has 2 nitrogen and oxygen atoms in total. The molecule has 1 aliphatic rings. The molecule has 86 valence electrons. The zero-order valence-electron chi connectivity index (χ0n) is 9.12. The fraction of sp³-hybridized carbons (Fsp3) is 0.462. The molecule has 1 unspecified atom stereocenters. The Morgan fingerprint density at radius 2 is 2.06 bits per heavy atom. The van der Waals surface area contributed by atoms with Crippen molar-refractivity contribution in [3.8, 4) is 0 Å². The molecule has 1 aromatic rings. The van der Waals surface area contributed by atoms with Crippen LogP contribution in [0.1, 0.15) is 35.2 Å². The molecule has 3 heteroatoms. The highest BCUT2D eigenvalue weighted by atomic mass is 79.9. The number of cyclic esters (lactones) is 1. The number of fused-ring (bicyclic) bond motifs is 1.